The Morgan fingerprint density at radius 2 is 1.63 bits per heavy atom. The fourth-order valence-corrected chi connectivity index (χ4v) is 6.67. The topological polar surface area (TPSA) is 48.5 Å². The summed E-state index contributed by atoms with van der Waals surface area (Å²) in [5, 5.41) is 3.27. The number of para-hydroxylation sites is 2. The van der Waals surface area contributed by atoms with Crippen molar-refractivity contribution in [3.8, 4) is 0 Å². The van der Waals surface area contributed by atoms with Crippen LogP contribution in [0, 0.1) is 0 Å². The highest BCUT2D eigenvalue weighted by Crippen LogP contribution is 2.32. The lowest BCUT2D eigenvalue weighted by atomic mass is 9.92. The van der Waals surface area contributed by atoms with Crippen LogP contribution in [0.1, 0.15) is 57.1 Å². The molecule has 1 N–H and O–H groups in total. The number of anilines is 1. The monoisotopic (exact) mass is 510 g/mol. The third kappa shape index (κ3) is 7.06. The number of thioether (sulfide) groups is 1. The molecule has 0 spiro atoms. The molecule has 1 aromatic heterocycles. The van der Waals surface area contributed by atoms with Crippen molar-refractivity contribution in [2.24, 2.45) is 0 Å². The molecule has 1 fully saturated rings. The molecule has 2 aromatic carbocycles. The van der Waals surface area contributed by atoms with Gasteiger partial charge in [0.05, 0.1) is 16.8 Å². The quantitative estimate of drug-likeness (QED) is 0.257. The second kappa shape index (κ2) is 12.3. The highest BCUT2D eigenvalue weighted by molar-refractivity contribution is 8.01. The molecule has 5 nitrogen and oxygen atoms in total. The first-order chi connectivity index (χ1) is 16.9. The number of aromatic nitrogens is 1. The number of thiazole rings is 1. The van der Waals surface area contributed by atoms with Crippen LogP contribution in [0.15, 0.2) is 46.8 Å². The van der Waals surface area contributed by atoms with Gasteiger partial charge < -0.3 is 10.2 Å². The van der Waals surface area contributed by atoms with E-state index in [2.05, 4.69) is 79.2 Å². The first kappa shape index (κ1) is 26.1. The number of carbonyl (C=O) groups is 1. The Morgan fingerprint density at radius 1 is 0.971 bits per heavy atom. The minimum absolute atomic E-state index is 0.0979. The van der Waals surface area contributed by atoms with Gasteiger partial charge in [0, 0.05) is 37.6 Å². The van der Waals surface area contributed by atoms with Crippen LogP contribution in [0.2, 0.25) is 0 Å². The zero-order valence-corrected chi connectivity index (χ0v) is 23.1. The maximum Gasteiger partial charge on any atom is 0.238 e. The second-order valence-corrected chi connectivity index (χ2v) is 12.3. The lowest BCUT2D eigenvalue weighted by Gasteiger charge is -2.34. The molecule has 1 aliphatic rings. The lowest BCUT2D eigenvalue weighted by molar-refractivity contribution is -0.117. The first-order valence-corrected chi connectivity index (χ1v) is 14.6. The smallest absolute Gasteiger partial charge is 0.238 e. The Labute approximate surface area is 218 Å². The number of benzene rings is 2. The zero-order valence-electron chi connectivity index (χ0n) is 21.4. The van der Waals surface area contributed by atoms with Gasteiger partial charge >= 0.3 is 0 Å². The molecular formula is C28H38N4OS2. The van der Waals surface area contributed by atoms with Crippen LogP contribution < -0.4 is 5.32 Å². The van der Waals surface area contributed by atoms with Crippen molar-refractivity contribution in [2.75, 3.05) is 50.3 Å². The maximum absolute atomic E-state index is 12.9. The number of hydrogen-bond acceptors (Lipinski definition) is 6. The lowest BCUT2D eigenvalue weighted by Crippen LogP contribution is -2.48. The molecular weight excluding hydrogens is 472 g/mol. The van der Waals surface area contributed by atoms with Crippen LogP contribution >= 0.6 is 23.1 Å². The number of carbonyl (C=O) groups excluding carboxylic acids is 1. The normalized spacial score (nSPS) is 15.4. The van der Waals surface area contributed by atoms with Gasteiger partial charge in [0.1, 0.15) is 0 Å². The van der Waals surface area contributed by atoms with E-state index in [-0.39, 0.29) is 5.91 Å². The van der Waals surface area contributed by atoms with Gasteiger partial charge in [-0.15, -0.1) is 11.3 Å². The Bertz CT molecular complexity index is 1060. The van der Waals surface area contributed by atoms with E-state index >= 15 is 0 Å². The van der Waals surface area contributed by atoms with Crippen LogP contribution in [0.25, 0.3) is 10.2 Å². The number of nitrogens with zero attached hydrogens (tertiary/aromatic N) is 3. The minimum Gasteiger partial charge on any atom is -0.324 e. The van der Waals surface area contributed by atoms with Crippen LogP contribution in [-0.4, -0.2) is 65.7 Å². The molecule has 0 saturated carbocycles. The average molecular weight is 511 g/mol. The Hall–Kier alpha value is -1.93. The predicted molar refractivity (Wildman–Crippen MR) is 151 cm³/mol. The van der Waals surface area contributed by atoms with Crippen molar-refractivity contribution in [2.45, 2.75) is 50.3 Å². The molecule has 4 rings (SSSR count). The third-order valence-corrected chi connectivity index (χ3v) is 8.85. The number of fused-ring (bicyclic) bond motifs is 1. The molecule has 0 radical (unpaired) electrons. The number of rotatable bonds is 10. The maximum atomic E-state index is 12.9. The first-order valence-electron chi connectivity index (χ1n) is 12.8. The molecule has 1 saturated heterocycles. The summed E-state index contributed by atoms with van der Waals surface area (Å²) < 4.78 is 2.44. The Morgan fingerprint density at radius 3 is 2.29 bits per heavy atom. The van der Waals surface area contributed by atoms with Crippen molar-refractivity contribution in [1.29, 1.82) is 0 Å². The third-order valence-electron chi connectivity index (χ3n) is 6.59. The van der Waals surface area contributed by atoms with Crippen molar-refractivity contribution < 1.29 is 4.79 Å². The van der Waals surface area contributed by atoms with E-state index in [0.29, 0.717) is 18.4 Å². The van der Waals surface area contributed by atoms with Gasteiger partial charge in [-0.2, -0.15) is 0 Å². The molecule has 0 bridgehead atoms. The van der Waals surface area contributed by atoms with Crippen molar-refractivity contribution in [1.82, 2.24) is 14.8 Å². The summed E-state index contributed by atoms with van der Waals surface area (Å²) >= 11 is 3.66. The van der Waals surface area contributed by atoms with Crippen LogP contribution in [0.5, 0.6) is 0 Å². The fourth-order valence-electron chi connectivity index (χ4n) is 4.61. The molecule has 0 aliphatic carbocycles. The molecule has 188 valence electrons. The van der Waals surface area contributed by atoms with E-state index < -0.39 is 0 Å². The van der Waals surface area contributed by atoms with E-state index in [4.69, 9.17) is 4.98 Å². The second-order valence-electron chi connectivity index (χ2n) is 9.94. The number of hydrogen-bond donors (Lipinski definition) is 1. The molecule has 0 atom stereocenters. The minimum atomic E-state index is 0.0979. The van der Waals surface area contributed by atoms with Gasteiger partial charge in [0.15, 0.2) is 4.34 Å². The van der Waals surface area contributed by atoms with E-state index in [9.17, 15) is 4.79 Å². The molecule has 2 heterocycles. The van der Waals surface area contributed by atoms with Crippen molar-refractivity contribution in [3.63, 3.8) is 0 Å². The SMILES string of the molecule is CC(C)c1cccc(C(C)C)c1NC(=O)CN1CCN(CCCSc2nc3ccccc3s2)CC1. The number of piperazine rings is 1. The summed E-state index contributed by atoms with van der Waals surface area (Å²) in [5.41, 5.74) is 4.57. The van der Waals surface area contributed by atoms with Gasteiger partial charge in [-0.05, 0) is 48.1 Å². The number of nitrogens with one attached hydrogen (secondary N) is 1. The van der Waals surface area contributed by atoms with Crippen LogP contribution in [0.4, 0.5) is 5.69 Å². The van der Waals surface area contributed by atoms with Gasteiger partial charge in [0.25, 0.3) is 0 Å². The molecule has 1 amide bonds. The van der Waals surface area contributed by atoms with Crippen LogP contribution in [-0.2, 0) is 4.79 Å². The van der Waals surface area contributed by atoms with E-state index in [0.717, 1.165) is 56.1 Å². The average Bonchev–Trinajstić information content (AvgIpc) is 3.25. The molecule has 3 aromatic rings. The summed E-state index contributed by atoms with van der Waals surface area (Å²) in [6, 6.07) is 14.7. The van der Waals surface area contributed by atoms with Gasteiger partial charge in [0.2, 0.25) is 5.91 Å². The molecule has 35 heavy (non-hydrogen) atoms. The van der Waals surface area contributed by atoms with Crippen molar-refractivity contribution in [3.05, 3.63) is 53.6 Å². The standard InChI is InChI=1S/C28H38N4OS2/c1-20(2)22-9-7-10-23(21(3)4)27(22)30-26(33)19-32-16-14-31(15-17-32)13-8-18-34-28-29-24-11-5-6-12-25(24)35-28/h5-7,9-12,20-21H,8,13-19H2,1-4H3,(H,30,33). The molecule has 7 heteroatoms. The summed E-state index contributed by atoms with van der Waals surface area (Å²) in [6.07, 6.45) is 1.16. The summed E-state index contributed by atoms with van der Waals surface area (Å²) in [6.45, 7) is 14.3. The highest BCUT2D eigenvalue weighted by Gasteiger charge is 2.21. The van der Waals surface area contributed by atoms with Crippen molar-refractivity contribution >= 4 is 44.9 Å². The number of amides is 1. The highest BCUT2D eigenvalue weighted by atomic mass is 32.2. The molecule has 0 unspecified atom stereocenters. The van der Waals surface area contributed by atoms with E-state index in [1.165, 1.54) is 20.2 Å². The zero-order chi connectivity index (χ0) is 24.8. The van der Waals surface area contributed by atoms with E-state index in [1.54, 1.807) is 11.3 Å². The van der Waals surface area contributed by atoms with E-state index in [1.807, 2.05) is 17.8 Å². The molecule has 1 aliphatic heterocycles. The Balaban J connectivity index is 1.19. The fraction of sp³-hybridized carbons (Fsp3) is 0.500. The van der Waals surface area contributed by atoms with Gasteiger partial charge in [-0.25, -0.2) is 4.98 Å². The summed E-state index contributed by atoms with van der Waals surface area (Å²) in [7, 11) is 0. The summed E-state index contributed by atoms with van der Waals surface area (Å²) in [4.78, 5) is 22.5. The Kier molecular flexibility index (Phi) is 9.22. The van der Waals surface area contributed by atoms with Gasteiger partial charge in [-0.1, -0.05) is 69.8 Å². The van der Waals surface area contributed by atoms with Gasteiger partial charge in [-0.3, -0.25) is 9.69 Å². The summed E-state index contributed by atoms with van der Waals surface area (Å²) in [5.74, 6) is 1.94. The predicted octanol–water partition coefficient (Wildman–Crippen LogP) is 6.28. The van der Waals surface area contributed by atoms with Crippen LogP contribution in [0.3, 0.4) is 0 Å². The largest absolute Gasteiger partial charge is 0.324 e.